The molecule has 0 saturated carbocycles. The lowest BCUT2D eigenvalue weighted by atomic mass is 10.1. The van der Waals surface area contributed by atoms with E-state index in [1.165, 1.54) is 27.4 Å². The van der Waals surface area contributed by atoms with E-state index in [-0.39, 0.29) is 27.8 Å². The first-order valence-electron chi connectivity index (χ1n) is 5.28. The van der Waals surface area contributed by atoms with E-state index in [1.807, 2.05) is 0 Å². The van der Waals surface area contributed by atoms with E-state index in [1.54, 1.807) is 0 Å². The monoisotopic (exact) mass is 286 g/mol. The van der Waals surface area contributed by atoms with Crippen molar-refractivity contribution in [2.24, 2.45) is 0 Å². The predicted octanol–water partition coefficient (Wildman–Crippen LogP) is 1.47. The van der Waals surface area contributed by atoms with Crippen LogP contribution in [0.15, 0.2) is 6.07 Å². The van der Waals surface area contributed by atoms with Crippen molar-refractivity contribution in [3.05, 3.63) is 16.7 Å². The summed E-state index contributed by atoms with van der Waals surface area (Å²) in [6.07, 6.45) is -1.36. The summed E-state index contributed by atoms with van der Waals surface area (Å²) in [6.45, 7) is 0. The van der Waals surface area contributed by atoms with Crippen LogP contribution in [0.2, 0.25) is 5.02 Å². The Kier molecular flexibility index (Phi) is 3.53. The van der Waals surface area contributed by atoms with Crippen LogP contribution < -0.4 is 14.2 Å². The molecule has 1 aliphatic heterocycles. The number of ether oxygens (including phenoxy) is 4. The third-order valence-electron chi connectivity index (χ3n) is 2.73. The van der Waals surface area contributed by atoms with Crippen molar-refractivity contribution in [3.8, 4) is 17.2 Å². The van der Waals surface area contributed by atoms with Gasteiger partial charge >= 0.3 is 5.97 Å². The van der Waals surface area contributed by atoms with Gasteiger partial charge in [-0.05, 0) is 0 Å². The standard InChI is InChI=1S/C12H11ClO6/c1-16-5-4-6(17-2)8(13)10-7(5)9(14)11(19-10)12(15)18-3/h4,11H,1-3H3. The number of hydrogen-bond acceptors (Lipinski definition) is 6. The minimum atomic E-state index is -1.36. The molecule has 102 valence electrons. The highest BCUT2D eigenvalue weighted by Crippen LogP contribution is 2.46. The van der Waals surface area contributed by atoms with E-state index in [0.29, 0.717) is 0 Å². The minimum Gasteiger partial charge on any atom is -0.496 e. The molecule has 0 aromatic heterocycles. The Morgan fingerprint density at radius 1 is 1.26 bits per heavy atom. The molecule has 1 aliphatic rings. The first-order valence-corrected chi connectivity index (χ1v) is 5.66. The lowest BCUT2D eigenvalue weighted by molar-refractivity contribution is -0.145. The van der Waals surface area contributed by atoms with E-state index < -0.39 is 17.9 Å². The highest BCUT2D eigenvalue weighted by molar-refractivity contribution is 6.35. The van der Waals surface area contributed by atoms with Gasteiger partial charge in [-0.3, -0.25) is 4.79 Å². The van der Waals surface area contributed by atoms with Gasteiger partial charge in [-0.25, -0.2) is 4.79 Å². The number of carbonyl (C=O) groups excluding carboxylic acids is 2. The quantitative estimate of drug-likeness (QED) is 0.619. The number of ketones is 1. The number of rotatable bonds is 3. The molecule has 2 rings (SSSR count). The molecule has 0 bridgehead atoms. The lowest BCUT2D eigenvalue weighted by Gasteiger charge is -2.10. The maximum Gasteiger partial charge on any atom is 0.355 e. The molecule has 0 radical (unpaired) electrons. The van der Waals surface area contributed by atoms with Gasteiger partial charge in [0, 0.05) is 6.07 Å². The van der Waals surface area contributed by atoms with Crippen LogP contribution in [0.4, 0.5) is 0 Å². The number of esters is 1. The minimum absolute atomic E-state index is 0.0678. The molecule has 1 heterocycles. The van der Waals surface area contributed by atoms with Crippen LogP contribution in [0.5, 0.6) is 17.2 Å². The summed E-state index contributed by atoms with van der Waals surface area (Å²) in [5.41, 5.74) is 0.115. The van der Waals surface area contributed by atoms with Crippen LogP contribution in [0.25, 0.3) is 0 Å². The molecule has 1 atom stereocenters. The van der Waals surface area contributed by atoms with Crippen LogP contribution >= 0.6 is 11.6 Å². The van der Waals surface area contributed by atoms with Crippen molar-refractivity contribution in [1.82, 2.24) is 0 Å². The summed E-state index contributed by atoms with van der Waals surface area (Å²) in [4.78, 5) is 23.6. The van der Waals surface area contributed by atoms with E-state index in [0.717, 1.165) is 0 Å². The van der Waals surface area contributed by atoms with Gasteiger partial charge in [-0.1, -0.05) is 11.6 Å². The Labute approximate surface area is 114 Å². The molecule has 0 N–H and O–H groups in total. The second-order valence-corrected chi connectivity index (χ2v) is 4.06. The topological polar surface area (TPSA) is 71.1 Å². The summed E-state index contributed by atoms with van der Waals surface area (Å²) < 4.78 is 19.9. The number of benzene rings is 1. The Morgan fingerprint density at radius 2 is 1.89 bits per heavy atom. The second-order valence-electron chi connectivity index (χ2n) is 3.68. The summed E-state index contributed by atoms with van der Waals surface area (Å²) in [6, 6.07) is 1.46. The highest BCUT2D eigenvalue weighted by Gasteiger charge is 2.43. The molecule has 1 aromatic carbocycles. The average molecular weight is 287 g/mol. The number of halogens is 1. The molecule has 1 aromatic rings. The molecule has 0 saturated heterocycles. The van der Waals surface area contributed by atoms with Gasteiger partial charge in [-0.2, -0.15) is 0 Å². The smallest absolute Gasteiger partial charge is 0.355 e. The molecule has 6 nitrogen and oxygen atoms in total. The predicted molar refractivity (Wildman–Crippen MR) is 65.3 cm³/mol. The number of methoxy groups -OCH3 is 3. The van der Waals surface area contributed by atoms with Crippen molar-refractivity contribution in [2.45, 2.75) is 6.10 Å². The van der Waals surface area contributed by atoms with Crippen LogP contribution in [0.1, 0.15) is 10.4 Å². The Hall–Kier alpha value is -1.95. The lowest BCUT2D eigenvalue weighted by Crippen LogP contribution is -2.31. The van der Waals surface area contributed by atoms with Crippen LogP contribution in [0.3, 0.4) is 0 Å². The van der Waals surface area contributed by atoms with Gasteiger partial charge in [0.05, 0.1) is 21.3 Å². The zero-order valence-electron chi connectivity index (χ0n) is 10.5. The van der Waals surface area contributed by atoms with Crippen molar-refractivity contribution in [1.29, 1.82) is 0 Å². The molecule has 0 aliphatic carbocycles. The molecule has 1 unspecified atom stereocenters. The average Bonchev–Trinajstić information content (AvgIpc) is 2.77. The van der Waals surface area contributed by atoms with Crippen LogP contribution in [0, 0.1) is 0 Å². The van der Waals surface area contributed by atoms with E-state index in [9.17, 15) is 9.59 Å². The largest absolute Gasteiger partial charge is 0.496 e. The van der Waals surface area contributed by atoms with Gasteiger partial charge in [0.1, 0.15) is 22.1 Å². The van der Waals surface area contributed by atoms with Gasteiger partial charge in [0.2, 0.25) is 5.78 Å². The fraction of sp³-hybridized carbons (Fsp3) is 0.333. The maximum absolute atomic E-state index is 12.1. The zero-order chi connectivity index (χ0) is 14.2. The van der Waals surface area contributed by atoms with Crippen molar-refractivity contribution in [3.63, 3.8) is 0 Å². The van der Waals surface area contributed by atoms with Gasteiger partial charge in [-0.15, -0.1) is 0 Å². The fourth-order valence-electron chi connectivity index (χ4n) is 1.81. The zero-order valence-corrected chi connectivity index (χ0v) is 11.2. The van der Waals surface area contributed by atoms with Crippen LogP contribution in [-0.2, 0) is 9.53 Å². The van der Waals surface area contributed by atoms with E-state index in [2.05, 4.69) is 4.74 Å². The number of hydrogen-bond donors (Lipinski definition) is 0. The maximum atomic E-state index is 12.1. The SMILES string of the molecule is COC(=O)C1Oc2c(Cl)c(OC)cc(OC)c2C1=O. The van der Waals surface area contributed by atoms with Crippen LogP contribution in [-0.4, -0.2) is 39.2 Å². The third-order valence-corrected chi connectivity index (χ3v) is 3.08. The first-order chi connectivity index (χ1) is 9.04. The summed E-state index contributed by atoms with van der Waals surface area (Å²) >= 11 is 6.05. The van der Waals surface area contributed by atoms with Gasteiger partial charge < -0.3 is 18.9 Å². The molecule has 19 heavy (non-hydrogen) atoms. The normalized spacial score (nSPS) is 16.6. The molecule has 0 spiro atoms. The number of carbonyl (C=O) groups is 2. The first kappa shape index (κ1) is 13.5. The molecule has 7 heteroatoms. The summed E-state index contributed by atoms with van der Waals surface area (Å²) in [7, 11) is 3.98. The Balaban J connectivity index is 2.58. The van der Waals surface area contributed by atoms with Crippen molar-refractivity contribution in [2.75, 3.05) is 21.3 Å². The highest BCUT2D eigenvalue weighted by atomic mass is 35.5. The number of fused-ring (bicyclic) bond motifs is 1. The molecular weight excluding hydrogens is 276 g/mol. The molecule has 0 amide bonds. The summed E-state index contributed by atoms with van der Waals surface area (Å²) in [5.74, 6) is -0.761. The van der Waals surface area contributed by atoms with Gasteiger partial charge in [0.15, 0.2) is 5.75 Å². The van der Waals surface area contributed by atoms with Crippen molar-refractivity contribution >= 4 is 23.4 Å². The fourth-order valence-corrected chi connectivity index (χ4v) is 2.08. The second kappa shape index (κ2) is 4.97. The Morgan fingerprint density at radius 3 is 2.42 bits per heavy atom. The van der Waals surface area contributed by atoms with Crippen molar-refractivity contribution < 1.29 is 28.5 Å². The molecule has 0 fully saturated rings. The summed E-state index contributed by atoms with van der Waals surface area (Å²) in [5, 5.41) is 0.109. The van der Waals surface area contributed by atoms with E-state index in [4.69, 9.17) is 25.8 Å². The number of Topliss-reactive ketones (excluding diaryl/α,β-unsaturated/α-hetero) is 1. The molecular formula is C12H11ClO6. The van der Waals surface area contributed by atoms with E-state index >= 15 is 0 Å². The third kappa shape index (κ3) is 1.98. The Bertz CT molecular complexity index is 554. The van der Waals surface area contributed by atoms with Gasteiger partial charge in [0.25, 0.3) is 6.10 Å².